The zero-order valence-corrected chi connectivity index (χ0v) is 13.1. The number of rotatable bonds is 10. The summed E-state index contributed by atoms with van der Waals surface area (Å²) in [6.07, 6.45) is 4.00. The number of nitrogens with one attached hydrogen (secondary N) is 1. The van der Waals surface area contributed by atoms with Crippen LogP contribution in [0.2, 0.25) is 0 Å². The zero-order valence-electron chi connectivity index (χ0n) is 13.1. The van der Waals surface area contributed by atoms with Gasteiger partial charge in [0.15, 0.2) is 0 Å². The lowest BCUT2D eigenvalue weighted by Crippen LogP contribution is -2.25. The molecule has 1 aromatic carbocycles. The summed E-state index contributed by atoms with van der Waals surface area (Å²) >= 11 is 0. The minimum Gasteiger partial charge on any atom is -0.391 e. The van der Waals surface area contributed by atoms with Crippen LogP contribution in [0.3, 0.4) is 0 Å². The van der Waals surface area contributed by atoms with Crippen molar-refractivity contribution in [2.75, 3.05) is 20.3 Å². The molecule has 0 aliphatic rings. The van der Waals surface area contributed by atoms with Crippen LogP contribution in [-0.4, -0.2) is 31.5 Å². The molecule has 3 heteroatoms. The molecular weight excluding hydrogens is 250 g/mol. The van der Waals surface area contributed by atoms with Gasteiger partial charge >= 0.3 is 0 Å². The number of aliphatic hydroxyl groups is 1. The molecule has 0 radical (unpaired) electrons. The van der Waals surface area contributed by atoms with Crippen molar-refractivity contribution in [2.24, 2.45) is 0 Å². The smallest absolute Gasteiger partial charge is 0.0785 e. The lowest BCUT2D eigenvalue weighted by atomic mass is 10.0. The van der Waals surface area contributed by atoms with Crippen LogP contribution in [0.25, 0.3) is 0 Å². The Balaban J connectivity index is 2.33. The Kier molecular flexibility index (Phi) is 8.51. The molecule has 1 aromatic rings. The van der Waals surface area contributed by atoms with Crippen molar-refractivity contribution < 1.29 is 9.84 Å². The highest BCUT2D eigenvalue weighted by Gasteiger charge is 2.07. The minimum absolute atomic E-state index is 0.310. The standard InChI is InChI=1S/C17H29NO2/c1-4-5-6-15-7-9-16(10-8-15)14(2)18-12-11-17(19)13-20-3/h7-10,14,17-19H,4-6,11-13H2,1-3H3. The molecule has 0 aliphatic carbocycles. The van der Waals surface area contributed by atoms with Gasteiger partial charge < -0.3 is 15.2 Å². The van der Waals surface area contributed by atoms with E-state index in [1.54, 1.807) is 7.11 Å². The molecule has 0 aliphatic heterocycles. The third-order valence-corrected chi connectivity index (χ3v) is 3.59. The lowest BCUT2D eigenvalue weighted by Gasteiger charge is -2.16. The van der Waals surface area contributed by atoms with E-state index in [1.165, 1.54) is 30.4 Å². The van der Waals surface area contributed by atoms with Crippen molar-refractivity contribution in [3.05, 3.63) is 35.4 Å². The van der Waals surface area contributed by atoms with Crippen LogP contribution in [0.5, 0.6) is 0 Å². The predicted molar refractivity (Wildman–Crippen MR) is 84.0 cm³/mol. The summed E-state index contributed by atoms with van der Waals surface area (Å²) in [5.74, 6) is 0. The van der Waals surface area contributed by atoms with Crippen molar-refractivity contribution >= 4 is 0 Å². The maximum Gasteiger partial charge on any atom is 0.0785 e. The van der Waals surface area contributed by atoms with Gasteiger partial charge in [0.25, 0.3) is 0 Å². The average molecular weight is 279 g/mol. The quantitative estimate of drug-likeness (QED) is 0.691. The maximum absolute atomic E-state index is 9.59. The molecule has 0 bridgehead atoms. The summed E-state index contributed by atoms with van der Waals surface area (Å²) < 4.78 is 4.91. The second-order valence-corrected chi connectivity index (χ2v) is 5.42. The van der Waals surface area contributed by atoms with Gasteiger partial charge in [-0.05, 0) is 43.9 Å². The zero-order chi connectivity index (χ0) is 14.8. The summed E-state index contributed by atoms with van der Waals surface area (Å²) in [4.78, 5) is 0. The summed E-state index contributed by atoms with van der Waals surface area (Å²) in [6.45, 7) is 5.58. The molecule has 0 aromatic heterocycles. The number of aryl methyl sites for hydroxylation is 1. The topological polar surface area (TPSA) is 41.5 Å². The van der Waals surface area contributed by atoms with Gasteiger partial charge in [0, 0.05) is 13.2 Å². The van der Waals surface area contributed by atoms with Crippen molar-refractivity contribution in [1.82, 2.24) is 5.32 Å². The number of ether oxygens (including phenoxy) is 1. The van der Waals surface area contributed by atoms with E-state index in [0.29, 0.717) is 19.1 Å². The number of hydrogen-bond acceptors (Lipinski definition) is 3. The Hall–Kier alpha value is -0.900. The molecule has 114 valence electrons. The number of aliphatic hydroxyl groups excluding tert-OH is 1. The monoisotopic (exact) mass is 279 g/mol. The van der Waals surface area contributed by atoms with Gasteiger partial charge in [-0.15, -0.1) is 0 Å². The SMILES string of the molecule is CCCCc1ccc(C(C)NCCC(O)COC)cc1. The van der Waals surface area contributed by atoms with E-state index >= 15 is 0 Å². The first-order valence-corrected chi connectivity index (χ1v) is 7.66. The van der Waals surface area contributed by atoms with E-state index in [1.807, 2.05) is 0 Å². The lowest BCUT2D eigenvalue weighted by molar-refractivity contribution is 0.0590. The summed E-state index contributed by atoms with van der Waals surface area (Å²) in [6, 6.07) is 9.17. The van der Waals surface area contributed by atoms with E-state index in [0.717, 1.165) is 6.54 Å². The fraction of sp³-hybridized carbons (Fsp3) is 0.647. The van der Waals surface area contributed by atoms with Crippen LogP contribution in [0, 0.1) is 0 Å². The molecule has 2 N–H and O–H groups in total. The molecular formula is C17H29NO2. The van der Waals surface area contributed by atoms with Crippen molar-refractivity contribution in [1.29, 1.82) is 0 Å². The summed E-state index contributed by atoms with van der Waals surface area (Å²) in [5.41, 5.74) is 2.71. The third-order valence-electron chi connectivity index (χ3n) is 3.59. The fourth-order valence-electron chi connectivity index (χ4n) is 2.21. The second kappa shape index (κ2) is 9.92. The summed E-state index contributed by atoms with van der Waals surface area (Å²) in [5, 5.41) is 13.0. The Morgan fingerprint density at radius 3 is 2.55 bits per heavy atom. The first-order valence-electron chi connectivity index (χ1n) is 7.66. The molecule has 2 unspecified atom stereocenters. The molecule has 0 amide bonds. The number of benzene rings is 1. The Bertz CT molecular complexity index is 351. The summed E-state index contributed by atoms with van der Waals surface area (Å²) in [7, 11) is 1.61. The maximum atomic E-state index is 9.59. The van der Waals surface area contributed by atoms with E-state index < -0.39 is 0 Å². The first-order chi connectivity index (χ1) is 9.67. The largest absolute Gasteiger partial charge is 0.391 e. The van der Waals surface area contributed by atoms with Crippen LogP contribution in [0.4, 0.5) is 0 Å². The van der Waals surface area contributed by atoms with Crippen LogP contribution < -0.4 is 5.32 Å². The minimum atomic E-state index is -0.379. The molecule has 2 atom stereocenters. The van der Waals surface area contributed by atoms with Crippen LogP contribution >= 0.6 is 0 Å². The van der Waals surface area contributed by atoms with Crippen molar-refractivity contribution in [2.45, 2.75) is 51.7 Å². The molecule has 0 fully saturated rings. The van der Waals surface area contributed by atoms with E-state index in [-0.39, 0.29) is 6.10 Å². The number of unbranched alkanes of at least 4 members (excludes halogenated alkanes) is 1. The molecule has 0 spiro atoms. The Morgan fingerprint density at radius 1 is 1.25 bits per heavy atom. The van der Waals surface area contributed by atoms with E-state index in [4.69, 9.17) is 4.74 Å². The fourth-order valence-corrected chi connectivity index (χ4v) is 2.21. The first kappa shape index (κ1) is 17.2. The van der Waals surface area contributed by atoms with Gasteiger partial charge in [-0.1, -0.05) is 37.6 Å². The molecule has 20 heavy (non-hydrogen) atoms. The molecule has 0 saturated carbocycles. The molecule has 0 saturated heterocycles. The van der Waals surface area contributed by atoms with Gasteiger partial charge in [-0.25, -0.2) is 0 Å². The van der Waals surface area contributed by atoms with E-state index in [2.05, 4.69) is 43.4 Å². The van der Waals surface area contributed by atoms with Gasteiger partial charge in [0.2, 0.25) is 0 Å². The molecule has 3 nitrogen and oxygen atoms in total. The van der Waals surface area contributed by atoms with Crippen LogP contribution in [0.1, 0.15) is 50.3 Å². The normalized spacial score (nSPS) is 14.2. The van der Waals surface area contributed by atoms with Gasteiger partial charge in [-0.2, -0.15) is 0 Å². The van der Waals surface area contributed by atoms with Crippen molar-refractivity contribution in [3.8, 4) is 0 Å². The van der Waals surface area contributed by atoms with E-state index in [9.17, 15) is 5.11 Å². The van der Waals surface area contributed by atoms with Gasteiger partial charge in [0.05, 0.1) is 12.7 Å². The van der Waals surface area contributed by atoms with Crippen LogP contribution in [-0.2, 0) is 11.2 Å². The van der Waals surface area contributed by atoms with Gasteiger partial charge in [-0.3, -0.25) is 0 Å². The Labute approximate surface area is 123 Å². The van der Waals surface area contributed by atoms with Crippen molar-refractivity contribution in [3.63, 3.8) is 0 Å². The number of methoxy groups -OCH3 is 1. The molecule has 0 heterocycles. The highest BCUT2D eigenvalue weighted by Crippen LogP contribution is 2.14. The third kappa shape index (κ3) is 6.51. The average Bonchev–Trinajstić information content (AvgIpc) is 2.46. The highest BCUT2D eigenvalue weighted by atomic mass is 16.5. The Morgan fingerprint density at radius 2 is 1.95 bits per heavy atom. The second-order valence-electron chi connectivity index (χ2n) is 5.42. The number of hydrogen-bond donors (Lipinski definition) is 2. The predicted octanol–water partition coefficient (Wildman–Crippen LogP) is 3.08. The van der Waals surface area contributed by atoms with Gasteiger partial charge in [0.1, 0.15) is 0 Å². The highest BCUT2D eigenvalue weighted by molar-refractivity contribution is 5.24. The molecule has 1 rings (SSSR count). The van der Waals surface area contributed by atoms with Crippen LogP contribution in [0.15, 0.2) is 24.3 Å².